The van der Waals surface area contributed by atoms with Crippen molar-refractivity contribution in [1.29, 1.82) is 0 Å². The van der Waals surface area contributed by atoms with Crippen molar-refractivity contribution in [1.82, 2.24) is 9.55 Å². The zero-order valence-corrected chi connectivity index (χ0v) is 30.0. The number of fused-ring (bicyclic) bond motifs is 1. The highest BCUT2D eigenvalue weighted by molar-refractivity contribution is 7.69. The van der Waals surface area contributed by atoms with E-state index in [2.05, 4.69) is 34.3 Å². The van der Waals surface area contributed by atoms with Crippen molar-refractivity contribution in [3.63, 3.8) is 0 Å². The predicted molar refractivity (Wildman–Crippen MR) is 166 cm³/mol. The van der Waals surface area contributed by atoms with Gasteiger partial charge in [0.1, 0.15) is 31.5 Å². The number of phosphoric acid groups is 3. The predicted octanol–water partition coefficient (Wildman–Crippen LogP) is 0.888. The third-order valence-electron chi connectivity index (χ3n) is 7.11. The summed E-state index contributed by atoms with van der Waals surface area (Å²) in [6, 6.07) is 14.2. The average molecular weight is 788 g/mol. The Balaban J connectivity index is 1.27. The van der Waals surface area contributed by atoms with Gasteiger partial charge in [-0.2, -0.15) is 0 Å². The summed E-state index contributed by atoms with van der Waals surface area (Å²) in [5, 5.41) is 0. The van der Waals surface area contributed by atoms with Gasteiger partial charge in [0.2, 0.25) is 0 Å². The van der Waals surface area contributed by atoms with Crippen molar-refractivity contribution < 1.29 is 69.5 Å². The molecule has 1 N–H and O–H groups in total. The molecule has 2 aliphatic heterocycles. The first-order valence-electron chi connectivity index (χ1n) is 14.8. The van der Waals surface area contributed by atoms with Gasteiger partial charge in [-0.15, -0.1) is 0 Å². The zero-order valence-electron chi connectivity index (χ0n) is 26.5. The molecule has 0 spiro atoms. The number of rotatable bonds is 13. The molecule has 0 saturated carbocycles. The van der Waals surface area contributed by atoms with Gasteiger partial charge in [0.05, 0.1) is 6.61 Å². The zero-order chi connectivity index (χ0) is 37.2. The second kappa shape index (κ2) is 15.6. The van der Waals surface area contributed by atoms with Crippen LogP contribution in [0, 0.1) is 18.8 Å². The first kappa shape index (κ1) is 39.4. The van der Waals surface area contributed by atoms with E-state index in [0.717, 1.165) is 16.3 Å². The number of nitrogens with zero attached hydrogens (tertiary/aromatic N) is 1. The van der Waals surface area contributed by atoms with Crippen LogP contribution in [0.1, 0.15) is 41.8 Å². The van der Waals surface area contributed by atoms with E-state index in [4.69, 9.17) is 14.2 Å². The highest BCUT2D eigenvalue weighted by atomic mass is 31.3. The van der Waals surface area contributed by atoms with Crippen molar-refractivity contribution >= 4 is 31.1 Å². The Hall–Kier alpha value is -2.84. The van der Waals surface area contributed by atoms with Gasteiger partial charge in [0.15, 0.2) is 12.5 Å². The minimum absolute atomic E-state index is 0.0908. The molecule has 2 aliphatic rings. The first-order chi connectivity index (χ1) is 23.8. The molecule has 2 saturated heterocycles. The lowest BCUT2D eigenvalue weighted by Crippen LogP contribution is -2.38. The van der Waals surface area contributed by atoms with Gasteiger partial charge in [-0.25, -0.2) is 13.4 Å². The highest BCUT2D eigenvalue weighted by Crippen LogP contribution is 2.67. The molecule has 3 heterocycles. The molecule has 9 atom stereocenters. The van der Waals surface area contributed by atoms with Crippen LogP contribution in [0.3, 0.4) is 0 Å². The van der Waals surface area contributed by atoms with Gasteiger partial charge in [-0.3, -0.25) is 32.4 Å². The molecule has 0 radical (unpaired) electrons. The SMILES string of the molecule is CCC1OC2[C@@H](COP(=O)([O-])OP(=O)([O-])OP(=O)([O-])OP(=O)([O-])Cc3ccccc3)O[C@@H](n3cc(C#Cc4ccc(C)cc4)c(=O)[nH]c3=O)[C@H]2O1. The topological polar surface area (TPSA) is 280 Å². The van der Waals surface area contributed by atoms with Gasteiger partial charge in [-0.1, -0.05) is 66.8 Å². The summed E-state index contributed by atoms with van der Waals surface area (Å²) in [7, 11) is -24.0. The summed E-state index contributed by atoms with van der Waals surface area (Å²) in [6.07, 6.45) is -5.30. The summed E-state index contributed by atoms with van der Waals surface area (Å²) in [4.78, 5) is 76.4. The van der Waals surface area contributed by atoms with E-state index >= 15 is 0 Å². The number of aryl methyl sites for hydroxylation is 1. The van der Waals surface area contributed by atoms with Gasteiger partial charge >= 0.3 is 5.69 Å². The standard InChI is InChI=1S/C28H32N2O17P4/c1-3-23-43-24-22(16-41-49(35,36)46-51(39,40)47-50(37,38)45-48(33,34)17-20-7-5-4-6-8-20)42-27(25(24)44-23)30-15-21(26(31)29-28(30)32)14-13-19-11-9-18(2)10-12-19/h4-12,15,22-25,27H,3,16-17H2,1-2H3,(H,33,34)(H,35,36)(H,37,38)(H,39,40)(H,29,31,32)/p-4/t22-,23?,24?,25+,27-/m1/s1. The van der Waals surface area contributed by atoms with Crippen LogP contribution < -0.4 is 30.8 Å². The average Bonchev–Trinajstić information content (AvgIpc) is 3.58. The molecular weight excluding hydrogens is 760 g/mol. The molecule has 51 heavy (non-hydrogen) atoms. The van der Waals surface area contributed by atoms with Crippen LogP contribution in [0.2, 0.25) is 0 Å². The monoisotopic (exact) mass is 788 g/mol. The van der Waals surface area contributed by atoms with E-state index in [1.807, 2.05) is 19.1 Å². The maximum atomic E-state index is 12.9. The van der Waals surface area contributed by atoms with Crippen LogP contribution in [0.5, 0.6) is 0 Å². The molecular formula is C28H28N2O17P4-4. The number of phosphoric ester groups is 1. The van der Waals surface area contributed by atoms with Crippen LogP contribution in [0.25, 0.3) is 0 Å². The Kier molecular flexibility index (Phi) is 12.1. The Morgan fingerprint density at radius 1 is 0.824 bits per heavy atom. The normalized spacial score (nSPS) is 26.1. The molecule has 0 bridgehead atoms. The maximum absolute atomic E-state index is 12.9. The van der Waals surface area contributed by atoms with Crippen molar-refractivity contribution in [3.05, 3.63) is 104 Å². The van der Waals surface area contributed by atoms with Crippen molar-refractivity contribution in [2.24, 2.45) is 0 Å². The summed E-state index contributed by atoms with van der Waals surface area (Å²) in [5.41, 5.74) is -0.194. The molecule has 2 aromatic carbocycles. The summed E-state index contributed by atoms with van der Waals surface area (Å²) >= 11 is 0. The lowest BCUT2D eigenvalue weighted by atomic mass is 10.1. The number of aromatic nitrogens is 2. The fourth-order valence-corrected chi connectivity index (χ4v) is 10.3. The minimum Gasteiger partial charge on any atom is -0.778 e. The largest absolute Gasteiger partial charge is 0.778 e. The minimum atomic E-state index is -6.41. The van der Waals surface area contributed by atoms with Crippen LogP contribution >= 0.6 is 31.1 Å². The number of benzene rings is 2. The third kappa shape index (κ3) is 10.6. The van der Waals surface area contributed by atoms with Crippen LogP contribution in [-0.4, -0.2) is 40.8 Å². The summed E-state index contributed by atoms with van der Waals surface area (Å²) in [5.74, 6) is 5.50. The van der Waals surface area contributed by atoms with Crippen LogP contribution in [0.4, 0.5) is 0 Å². The molecule has 3 aromatic rings. The van der Waals surface area contributed by atoms with Crippen molar-refractivity contribution in [2.75, 3.05) is 6.61 Å². The summed E-state index contributed by atoms with van der Waals surface area (Å²) < 4.78 is 83.2. The lowest BCUT2D eigenvalue weighted by molar-refractivity contribution is -0.252. The molecule has 276 valence electrons. The molecule has 5 rings (SSSR count). The van der Waals surface area contributed by atoms with Crippen LogP contribution in [0.15, 0.2) is 70.4 Å². The van der Waals surface area contributed by atoms with Crippen LogP contribution in [-0.2, 0) is 56.1 Å². The second-order valence-corrected chi connectivity index (χ2v) is 17.5. The first-order valence-corrected chi connectivity index (χ1v) is 20.9. The number of hydrogen-bond donors (Lipinski definition) is 1. The van der Waals surface area contributed by atoms with E-state index in [1.165, 1.54) is 24.3 Å². The number of nitrogens with one attached hydrogen (secondary N) is 1. The molecule has 19 nitrogen and oxygen atoms in total. The van der Waals surface area contributed by atoms with Gasteiger partial charge in [0, 0.05) is 17.9 Å². The van der Waals surface area contributed by atoms with E-state index in [9.17, 15) is 47.4 Å². The van der Waals surface area contributed by atoms with Gasteiger partial charge < -0.3 is 42.9 Å². The van der Waals surface area contributed by atoms with E-state index in [0.29, 0.717) is 12.0 Å². The molecule has 0 amide bonds. The Labute approximate surface area is 289 Å². The number of ether oxygens (including phenoxy) is 3. The van der Waals surface area contributed by atoms with Gasteiger partial charge in [0.25, 0.3) is 29.0 Å². The van der Waals surface area contributed by atoms with E-state index < -0.39 is 85.9 Å². The van der Waals surface area contributed by atoms with Crippen molar-refractivity contribution in [2.45, 2.75) is 57.3 Å². The Morgan fingerprint density at radius 2 is 1.45 bits per heavy atom. The van der Waals surface area contributed by atoms with Crippen molar-refractivity contribution in [3.8, 4) is 11.8 Å². The molecule has 0 aliphatic carbocycles. The Morgan fingerprint density at radius 3 is 2.12 bits per heavy atom. The van der Waals surface area contributed by atoms with E-state index in [1.54, 1.807) is 25.1 Å². The molecule has 6 unspecified atom stereocenters. The number of aromatic amines is 1. The second-order valence-electron chi connectivity index (χ2n) is 11.1. The number of H-pyrrole nitrogens is 1. The molecule has 2 fully saturated rings. The molecule has 1 aromatic heterocycles. The summed E-state index contributed by atoms with van der Waals surface area (Å²) in [6.45, 7) is 2.57. The van der Waals surface area contributed by atoms with E-state index in [-0.39, 0.29) is 11.1 Å². The number of hydrogen-bond acceptors (Lipinski definition) is 17. The Bertz CT molecular complexity index is 2110. The fourth-order valence-electron chi connectivity index (χ4n) is 4.94. The lowest BCUT2D eigenvalue weighted by Gasteiger charge is -2.36. The maximum Gasteiger partial charge on any atom is 0.330 e. The fraction of sp³-hybridized carbons (Fsp3) is 0.357. The third-order valence-corrected chi connectivity index (χ3v) is 13.3. The highest BCUT2D eigenvalue weighted by Gasteiger charge is 2.53. The molecule has 23 heteroatoms. The van der Waals surface area contributed by atoms with Gasteiger partial charge in [-0.05, 0) is 31.0 Å². The quantitative estimate of drug-likeness (QED) is 0.186. The smallest absolute Gasteiger partial charge is 0.330 e.